The summed E-state index contributed by atoms with van der Waals surface area (Å²) in [5.41, 5.74) is 0. The molecule has 1 aromatic carbocycles. The summed E-state index contributed by atoms with van der Waals surface area (Å²) >= 11 is 0. The van der Waals surface area contributed by atoms with Crippen LogP contribution in [0.4, 0.5) is 0 Å². The maximum absolute atomic E-state index is 8.65. The number of hydrogen-bond donors (Lipinski definition) is 0. The van der Waals surface area contributed by atoms with Crippen LogP contribution in [0.2, 0.25) is 0 Å². The number of rotatable bonds is 2. The monoisotopic (exact) mass is 182 g/mol. The van der Waals surface area contributed by atoms with Gasteiger partial charge in [0, 0.05) is 0 Å². The first kappa shape index (κ1) is 9.64. The van der Waals surface area contributed by atoms with Gasteiger partial charge in [-0.2, -0.15) is 0 Å². The molecule has 0 aliphatic rings. The Kier molecular flexibility index (Phi) is 2.74. The fourth-order valence-electron chi connectivity index (χ4n) is 0.869. The van der Waals surface area contributed by atoms with Crippen LogP contribution in [0.25, 0.3) is 0 Å². The number of hydrogen-bond acceptors (Lipinski definition) is 4. The molecule has 0 fully saturated rings. The number of nitrogens with zero attached hydrogens (tertiary/aromatic N) is 3. The maximum Gasteiger partial charge on any atom is 0.456 e. The summed E-state index contributed by atoms with van der Waals surface area (Å²) in [5.74, 6) is 5.09. The lowest BCUT2D eigenvalue weighted by Gasteiger charge is -2.21. The highest BCUT2D eigenvalue weighted by Gasteiger charge is 2.27. The van der Waals surface area contributed by atoms with Crippen molar-refractivity contribution in [3.05, 3.63) is 30.3 Å². The molecule has 0 heterocycles. The van der Waals surface area contributed by atoms with Crippen molar-refractivity contribution >= 4 is 6.35 Å². The summed E-state index contributed by atoms with van der Waals surface area (Å²) in [4.78, 5) is 0. The van der Waals surface area contributed by atoms with Crippen molar-refractivity contribution in [1.29, 1.82) is 15.8 Å². The van der Waals surface area contributed by atoms with Crippen molar-refractivity contribution in [3.63, 3.8) is 0 Å². The average Bonchev–Trinajstić information content (AvgIpc) is 2.28. The molecule has 0 atom stereocenters. The van der Waals surface area contributed by atoms with E-state index >= 15 is 0 Å². The molecular formula is C9H5BN3O-. The van der Waals surface area contributed by atoms with Gasteiger partial charge in [-0.15, -0.1) is 0 Å². The molecule has 5 heteroatoms. The zero-order valence-electron chi connectivity index (χ0n) is 7.21. The predicted molar refractivity (Wildman–Crippen MR) is 49.7 cm³/mol. The van der Waals surface area contributed by atoms with Gasteiger partial charge in [-0.25, -0.2) is 15.8 Å². The van der Waals surface area contributed by atoms with Gasteiger partial charge >= 0.3 is 6.35 Å². The molecule has 0 radical (unpaired) electrons. The Morgan fingerprint density at radius 2 is 1.43 bits per heavy atom. The second-order valence-electron chi connectivity index (χ2n) is 2.60. The fourth-order valence-corrected chi connectivity index (χ4v) is 0.869. The molecule has 14 heavy (non-hydrogen) atoms. The SMILES string of the molecule is N#C[B-](C#N)(C#N)Oc1ccccc1. The van der Waals surface area contributed by atoms with Crippen molar-refractivity contribution in [2.24, 2.45) is 0 Å². The topological polar surface area (TPSA) is 80.6 Å². The van der Waals surface area contributed by atoms with E-state index in [2.05, 4.69) is 0 Å². The minimum Gasteiger partial charge on any atom is -0.682 e. The summed E-state index contributed by atoms with van der Waals surface area (Å²) in [6, 6.07) is 8.34. The number of para-hydroxylation sites is 1. The highest BCUT2D eigenvalue weighted by molar-refractivity contribution is 6.94. The van der Waals surface area contributed by atoms with Gasteiger partial charge in [-0.3, -0.25) is 0 Å². The van der Waals surface area contributed by atoms with Gasteiger partial charge in [0.2, 0.25) is 0 Å². The Bertz CT molecular complexity index is 402. The minimum absolute atomic E-state index is 0.345. The highest BCUT2D eigenvalue weighted by atomic mass is 16.4. The van der Waals surface area contributed by atoms with Gasteiger partial charge in [0.25, 0.3) is 0 Å². The van der Waals surface area contributed by atoms with Gasteiger partial charge in [0.05, 0.1) is 5.75 Å². The molecule has 0 aliphatic heterocycles. The molecule has 0 saturated heterocycles. The zero-order chi connectivity index (χ0) is 10.4. The lowest BCUT2D eigenvalue weighted by Crippen LogP contribution is -2.38. The average molecular weight is 182 g/mol. The number of benzene rings is 1. The summed E-state index contributed by atoms with van der Waals surface area (Å²) < 4.78 is 5.03. The molecule has 0 spiro atoms. The predicted octanol–water partition coefficient (Wildman–Crippen LogP) is 1.20. The van der Waals surface area contributed by atoms with Crippen LogP contribution >= 0.6 is 0 Å². The summed E-state index contributed by atoms with van der Waals surface area (Å²) in [7, 11) is 0. The Labute approximate surface area is 81.5 Å². The Morgan fingerprint density at radius 3 is 1.86 bits per heavy atom. The Hall–Kier alpha value is -2.45. The lowest BCUT2D eigenvalue weighted by atomic mass is 9.44. The van der Waals surface area contributed by atoms with Crippen molar-refractivity contribution < 1.29 is 4.65 Å². The van der Waals surface area contributed by atoms with Crippen molar-refractivity contribution in [2.45, 2.75) is 0 Å². The van der Waals surface area contributed by atoms with E-state index in [1.54, 1.807) is 48.2 Å². The van der Waals surface area contributed by atoms with Crippen LogP contribution in [0.15, 0.2) is 30.3 Å². The first-order valence-electron chi connectivity index (χ1n) is 3.89. The Balaban J connectivity index is 2.96. The van der Waals surface area contributed by atoms with Crippen LogP contribution in [0.3, 0.4) is 0 Å². The molecule has 0 amide bonds. The van der Waals surface area contributed by atoms with Crippen LogP contribution in [-0.2, 0) is 0 Å². The molecule has 1 aromatic rings. The summed E-state index contributed by atoms with van der Waals surface area (Å²) in [6.07, 6.45) is -2.72. The maximum atomic E-state index is 8.65. The van der Waals surface area contributed by atoms with Gasteiger partial charge in [-0.05, 0) is 12.1 Å². The molecular weight excluding hydrogens is 177 g/mol. The first-order valence-corrected chi connectivity index (χ1v) is 3.89. The molecule has 0 aliphatic carbocycles. The fraction of sp³-hybridized carbons (Fsp3) is 0. The molecule has 66 valence electrons. The molecule has 0 unspecified atom stereocenters. The largest absolute Gasteiger partial charge is 0.682 e. The smallest absolute Gasteiger partial charge is 0.456 e. The Morgan fingerprint density at radius 1 is 0.929 bits per heavy atom. The van der Waals surface area contributed by atoms with E-state index in [1.165, 1.54) is 0 Å². The van der Waals surface area contributed by atoms with E-state index in [1.807, 2.05) is 0 Å². The molecule has 0 bridgehead atoms. The van der Waals surface area contributed by atoms with Gasteiger partial charge in [-0.1, -0.05) is 36.1 Å². The van der Waals surface area contributed by atoms with Crippen LogP contribution in [0.5, 0.6) is 5.75 Å². The van der Waals surface area contributed by atoms with Crippen LogP contribution in [0, 0.1) is 33.7 Å². The summed E-state index contributed by atoms with van der Waals surface area (Å²) in [5, 5.41) is 25.9. The van der Waals surface area contributed by atoms with Crippen LogP contribution in [0.1, 0.15) is 0 Å². The van der Waals surface area contributed by atoms with Crippen molar-refractivity contribution in [1.82, 2.24) is 0 Å². The summed E-state index contributed by atoms with van der Waals surface area (Å²) in [6.45, 7) is 0. The van der Waals surface area contributed by atoms with Crippen molar-refractivity contribution in [3.8, 4) is 23.7 Å². The first-order chi connectivity index (χ1) is 6.76. The third-order valence-corrected chi connectivity index (χ3v) is 1.60. The molecule has 0 N–H and O–H groups in total. The van der Waals surface area contributed by atoms with E-state index in [9.17, 15) is 0 Å². The van der Waals surface area contributed by atoms with E-state index < -0.39 is 6.35 Å². The second-order valence-corrected chi connectivity index (χ2v) is 2.60. The molecule has 0 saturated carbocycles. The second kappa shape index (κ2) is 3.98. The van der Waals surface area contributed by atoms with Gasteiger partial charge in [0.1, 0.15) is 0 Å². The third kappa shape index (κ3) is 1.83. The van der Waals surface area contributed by atoms with Gasteiger partial charge in [0.15, 0.2) is 0 Å². The lowest BCUT2D eigenvalue weighted by molar-refractivity contribution is 0.578. The van der Waals surface area contributed by atoms with Crippen LogP contribution in [-0.4, -0.2) is 6.35 Å². The third-order valence-electron chi connectivity index (χ3n) is 1.60. The quantitative estimate of drug-likeness (QED) is 0.643. The molecule has 4 nitrogen and oxygen atoms in total. The molecule has 0 aromatic heterocycles. The van der Waals surface area contributed by atoms with E-state index in [0.29, 0.717) is 5.75 Å². The normalized spacial score (nSPS) is 9.21. The van der Waals surface area contributed by atoms with E-state index in [-0.39, 0.29) is 0 Å². The highest BCUT2D eigenvalue weighted by Crippen LogP contribution is 2.13. The van der Waals surface area contributed by atoms with Crippen LogP contribution < -0.4 is 4.65 Å². The molecule has 1 rings (SSSR count). The standard InChI is InChI=1S/C9H5BN3O/c11-6-10(7-12,8-13)14-9-4-2-1-3-5-9/h1-5H/q-1. The van der Waals surface area contributed by atoms with E-state index in [0.717, 1.165) is 0 Å². The van der Waals surface area contributed by atoms with Crippen molar-refractivity contribution in [2.75, 3.05) is 0 Å². The minimum atomic E-state index is -2.72. The van der Waals surface area contributed by atoms with Gasteiger partial charge < -0.3 is 4.65 Å². The zero-order valence-corrected chi connectivity index (χ0v) is 7.21. The van der Waals surface area contributed by atoms with E-state index in [4.69, 9.17) is 20.4 Å². The number of nitriles is 3.